The van der Waals surface area contributed by atoms with Gasteiger partial charge in [-0.25, -0.2) is 0 Å². The third-order valence-corrected chi connectivity index (χ3v) is 3.01. The van der Waals surface area contributed by atoms with E-state index in [0.29, 0.717) is 45.9 Å². The Bertz CT molecular complexity index is 362. The van der Waals surface area contributed by atoms with Crippen LogP contribution in [0.2, 0.25) is 0 Å². The van der Waals surface area contributed by atoms with Gasteiger partial charge in [0.05, 0.1) is 6.61 Å². The quantitative estimate of drug-likeness (QED) is 0.531. The van der Waals surface area contributed by atoms with Gasteiger partial charge < -0.3 is 19.9 Å². The number of carbonyl (C=O) groups excluding carboxylic acids is 3. The summed E-state index contributed by atoms with van der Waals surface area (Å²) in [6, 6.07) is 0. The van der Waals surface area contributed by atoms with Crippen molar-refractivity contribution in [3.63, 3.8) is 0 Å². The molecule has 1 fully saturated rings. The first-order chi connectivity index (χ1) is 11.6. The maximum absolute atomic E-state index is 11.9. The molecule has 0 aromatic heterocycles. The van der Waals surface area contributed by atoms with Crippen LogP contribution in [0.25, 0.3) is 0 Å². The van der Waals surface area contributed by atoms with Gasteiger partial charge in [0, 0.05) is 46.3 Å². The largest absolute Gasteiger partial charge is 0.380 e. The monoisotopic (exact) mass is 345 g/mol. The minimum atomic E-state index is -0.503. The lowest BCUT2D eigenvalue weighted by molar-refractivity contribution is -0.156. The highest BCUT2D eigenvalue weighted by Gasteiger charge is 2.31. The fraction of sp³-hybridized carbons (Fsp3) is 0.824. The lowest BCUT2D eigenvalue weighted by Crippen LogP contribution is -2.56. The number of hydrogen-bond donors (Lipinski definition) is 1. The number of amides is 3. The van der Waals surface area contributed by atoms with Crippen molar-refractivity contribution < 1.29 is 19.1 Å². The summed E-state index contributed by atoms with van der Waals surface area (Å²) in [5, 5.41) is 2.61. The number of piperazine rings is 1. The molecule has 0 aromatic rings. The smallest absolute Gasteiger partial charge is 0.312 e. The molecule has 1 N–H and O–H groups in total. The van der Waals surface area contributed by atoms with Crippen molar-refractivity contribution in [3.8, 4) is 0 Å². The van der Waals surface area contributed by atoms with Gasteiger partial charge in [-0.3, -0.25) is 14.4 Å². The van der Waals surface area contributed by atoms with Crippen molar-refractivity contribution in [1.29, 1.82) is 0 Å². The van der Waals surface area contributed by atoms with Gasteiger partial charge in [-0.2, -0.15) is 0 Å². The Kier molecular flexibility index (Phi) is 16.7. The summed E-state index contributed by atoms with van der Waals surface area (Å²) in [4.78, 5) is 37.5. The molecule has 0 unspecified atom stereocenters. The molecule has 1 saturated heterocycles. The van der Waals surface area contributed by atoms with E-state index in [1.54, 1.807) is 0 Å². The van der Waals surface area contributed by atoms with Crippen LogP contribution < -0.4 is 5.32 Å². The molecule has 142 valence electrons. The van der Waals surface area contributed by atoms with Crippen molar-refractivity contribution in [2.45, 2.75) is 48.0 Å². The Labute approximate surface area is 146 Å². The topological polar surface area (TPSA) is 79.0 Å². The van der Waals surface area contributed by atoms with Gasteiger partial charge in [-0.1, -0.05) is 34.6 Å². The Balaban J connectivity index is 0. The van der Waals surface area contributed by atoms with Gasteiger partial charge in [-0.15, -0.1) is 0 Å². The second kappa shape index (κ2) is 16.2. The summed E-state index contributed by atoms with van der Waals surface area (Å²) >= 11 is 0. The first-order valence-corrected chi connectivity index (χ1v) is 8.96. The van der Waals surface area contributed by atoms with Gasteiger partial charge >= 0.3 is 11.8 Å². The summed E-state index contributed by atoms with van der Waals surface area (Å²) in [6.45, 7) is 14.8. The highest BCUT2D eigenvalue weighted by Crippen LogP contribution is 2.04. The van der Waals surface area contributed by atoms with Gasteiger partial charge in [0.2, 0.25) is 5.91 Å². The number of nitrogens with zero attached hydrogens (tertiary/aromatic N) is 2. The lowest BCUT2D eigenvalue weighted by atomic mass is 10.3. The normalized spacial score (nSPS) is 13.6. The predicted octanol–water partition coefficient (Wildman–Crippen LogP) is 1.27. The standard InChI is InChI=1S/C13H23N3O4.2C2H6/c1-3-9-20-10-8-16-7-6-15(12(18)13(16)19)5-4-14-11(2)17;2*1-2/h3-10H2,1-2H3,(H,14,17);2*1-2H3. The first-order valence-electron chi connectivity index (χ1n) is 8.96. The number of carbonyl (C=O) groups is 3. The fourth-order valence-electron chi connectivity index (χ4n) is 1.93. The van der Waals surface area contributed by atoms with E-state index in [4.69, 9.17) is 4.74 Å². The van der Waals surface area contributed by atoms with E-state index < -0.39 is 11.8 Å². The number of nitrogens with one attached hydrogen (secondary N) is 1. The second-order valence-electron chi connectivity index (χ2n) is 4.68. The van der Waals surface area contributed by atoms with E-state index in [1.807, 2.05) is 34.6 Å². The van der Waals surface area contributed by atoms with E-state index in [2.05, 4.69) is 5.32 Å². The van der Waals surface area contributed by atoms with E-state index in [9.17, 15) is 14.4 Å². The average Bonchev–Trinajstić information content (AvgIpc) is 2.60. The number of ether oxygens (including phenoxy) is 1. The third-order valence-electron chi connectivity index (χ3n) is 3.01. The first kappa shape index (κ1) is 24.6. The van der Waals surface area contributed by atoms with Gasteiger partial charge in [0.25, 0.3) is 0 Å². The highest BCUT2D eigenvalue weighted by molar-refractivity contribution is 6.35. The molecule has 1 heterocycles. The van der Waals surface area contributed by atoms with Gasteiger partial charge in [-0.05, 0) is 6.42 Å². The van der Waals surface area contributed by atoms with Crippen LogP contribution in [0.15, 0.2) is 0 Å². The summed E-state index contributed by atoms with van der Waals surface area (Å²) in [7, 11) is 0. The van der Waals surface area contributed by atoms with Crippen LogP contribution in [0, 0.1) is 0 Å². The zero-order valence-corrected chi connectivity index (χ0v) is 16.2. The molecule has 1 aliphatic heterocycles. The zero-order valence-electron chi connectivity index (χ0n) is 16.2. The number of rotatable bonds is 8. The van der Waals surface area contributed by atoms with Gasteiger partial charge in [0.15, 0.2) is 0 Å². The lowest BCUT2D eigenvalue weighted by Gasteiger charge is -2.33. The molecular weight excluding hydrogens is 310 g/mol. The van der Waals surface area contributed by atoms with Crippen molar-refractivity contribution >= 4 is 17.7 Å². The van der Waals surface area contributed by atoms with E-state index in [0.717, 1.165) is 6.42 Å². The Hall–Kier alpha value is -1.63. The molecule has 1 aliphatic rings. The minimum absolute atomic E-state index is 0.143. The molecule has 3 amide bonds. The predicted molar refractivity (Wildman–Crippen MR) is 95.6 cm³/mol. The van der Waals surface area contributed by atoms with Crippen molar-refractivity contribution in [1.82, 2.24) is 15.1 Å². The molecule has 0 aliphatic carbocycles. The van der Waals surface area contributed by atoms with Crippen LogP contribution in [0.1, 0.15) is 48.0 Å². The van der Waals surface area contributed by atoms with Crippen LogP contribution in [0.4, 0.5) is 0 Å². The van der Waals surface area contributed by atoms with Crippen LogP contribution >= 0.6 is 0 Å². The van der Waals surface area contributed by atoms with Crippen LogP contribution in [0.5, 0.6) is 0 Å². The van der Waals surface area contributed by atoms with E-state index >= 15 is 0 Å². The average molecular weight is 345 g/mol. The number of hydrogen-bond acceptors (Lipinski definition) is 4. The van der Waals surface area contributed by atoms with E-state index in [-0.39, 0.29) is 5.91 Å². The SMILES string of the molecule is CC.CC.CCCOCCN1CCN(CCNC(C)=O)C(=O)C1=O. The molecule has 7 nitrogen and oxygen atoms in total. The van der Waals surface area contributed by atoms with E-state index in [1.165, 1.54) is 16.7 Å². The maximum Gasteiger partial charge on any atom is 0.312 e. The maximum atomic E-state index is 11.9. The summed E-state index contributed by atoms with van der Waals surface area (Å²) in [6.07, 6.45) is 0.934. The molecule has 0 saturated carbocycles. The molecule has 1 rings (SSSR count). The van der Waals surface area contributed by atoms with Gasteiger partial charge in [0.1, 0.15) is 0 Å². The molecule has 0 spiro atoms. The van der Waals surface area contributed by atoms with Crippen LogP contribution in [-0.2, 0) is 19.1 Å². The van der Waals surface area contributed by atoms with Crippen molar-refractivity contribution in [2.75, 3.05) is 45.9 Å². The Morgan fingerprint density at radius 2 is 1.50 bits per heavy atom. The van der Waals surface area contributed by atoms with Crippen LogP contribution in [0.3, 0.4) is 0 Å². The van der Waals surface area contributed by atoms with Crippen molar-refractivity contribution in [2.24, 2.45) is 0 Å². The molecule has 24 heavy (non-hydrogen) atoms. The minimum Gasteiger partial charge on any atom is -0.380 e. The summed E-state index contributed by atoms with van der Waals surface area (Å²) < 4.78 is 5.32. The highest BCUT2D eigenvalue weighted by atomic mass is 16.5. The summed E-state index contributed by atoms with van der Waals surface area (Å²) in [5.41, 5.74) is 0. The van der Waals surface area contributed by atoms with Crippen molar-refractivity contribution in [3.05, 3.63) is 0 Å². The molecule has 7 heteroatoms. The third kappa shape index (κ3) is 10.2. The molecule has 0 atom stereocenters. The Morgan fingerprint density at radius 1 is 1.00 bits per heavy atom. The second-order valence-corrected chi connectivity index (χ2v) is 4.68. The molecule has 0 radical (unpaired) electrons. The molecular formula is C17H35N3O4. The fourth-order valence-corrected chi connectivity index (χ4v) is 1.93. The molecule has 0 aromatic carbocycles. The van der Waals surface area contributed by atoms with Crippen LogP contribution in [-0.4, -0.2) is 73.5 Å². The zero-order chi connectivity index (χ0) is 19.0. The Morgan fingerprint density at radius 3 is 1.96 bits per heavy atom. The summed E-state index contributed by atoms with van der Waals surface area (Å²) in [5.74, 6) is -1.13. The molecule has 0 bridgehead atoms.